The van der Waals surface area contributed by atoms with Gasteiger partial charge in [-0.15, -0.1) is 0 Å². The first-order valence-corrected chi connectivity index (χ1v) is 11.1. The third-order valence-corrected chi connectivity index (χ3v) is 5.82. The van der Waals surface area contributed by atoms with Crippen molar-refractivity contribution in [3.8, 4) is 11.6 Å². The highest BCUT2D eigenvalue weighted by Gasteiger charge is 2.18. The molecule has 0 radical (unpaired) electrons. The third-order valence-electron chi connectivity index (χ3n) is 4.84. The van der Waals surface area contributed by atoms with Gasteiger partial charge in [0.2, 0.25) is 11.8 Å². The van der Waals surface area contributed by atoms with Crippen molar-refractivity contribution in [2.45, 2.75) is 18.0 Å². The number of amides is 2. The van der Waals surface area contributed by atoms with Gasteiger partial charge in [-0.1, -0.05) is 60.3 Å². The monoisotopic (exact) mass is 446 g/mol. The molecule has 0 aliphatic rings. The van der Waals surface area contributed by atoms with Gasteiger partial charge in [-0.05, 0) is 23.8 Å². The molecule has 2 amide bonds. The minimum absolute atomic E-state index is 0.0951. The van der Waals surface area contributed by atoms with E-state index in [4.69, 9.17) is 10.2 Å². The van der Waals surface area contributed by atoms with Crippen LogP contribution in [-0.4, -0.2) is 39.0 Å². The molecule has 4 rings (SSSR count). The van der Waals surface area contributed by atoms with Crippen molar-refractivity contribution in [1.82, 2.24) is 14.9 Å². The van der Waals surface area contributed by atoms with E-state index in [1.54, 1.807) is 23.3 Å². The fourth-order valence-corrected chi connectivity index (χ4v) is 4.16. The Morgan fingerprint density at radius 3 is 2.50 bits per heavy atom. The topological polar surface area (TPSA) is 102 Å². The van der Waals surface area contributed by atoms with Crippen LogP contribution in [0.4, 0.5) is 0 Å². The largest absolute Gasteiger partial charge is 0.461 e. The van der Waals surface area contributed by atoms with E-state index in [9.17, 15) is 9.59 Å². The van der Waals surface area contributed by atoms with E-state index in [1.165, 1.54) is 11.8 Å². The Balaban J connectivity index is 1.55. The summed E-state index contributed by atoms with van der Waals surface area (Å²) in [4.78, 5) is 35.3. The van der Waals surface area contributed by atoms with Crippen LogP contribution in [0.15, 0.2) is 82.4 Å². The second kappa shape index (κ2) is 10.1. The average Bonchev–Trinajstić information content (AvgIpc) is 3.35. The van der Waals surface area contributed by atoms with Crippen LogP contribution in [-0.2, 0) is 16.1 Å². The fourth-order valence-electron chi connectivity index (χ4n) is 3.24. The molecule has 4 aromatic rings. The number of hydrogen-bond donors (Lipinski definition) is 1. The lowest BCUT2D eigenvalue weighted by atomic mass is 10.2. The summed E-state index contributed by atoms with van der Waals surface area (Å²) in [6, 6.07) is 20.9. The van der Waals surface area contributed by atoms with Crippen LogP contribution in [0.2, 0.25) is 0 Å². The van der Waals surface area contributed by atoms with Crippen molar-refractivity contribution in [1.29, 1.82) is 0 Å². The smallest absolute Gasteiger partial charge is 0.233 e. The summed E-state index contributed by atoms with van der Waals surface area (Å²) in [7, 11) is 0. The first-order chi connectivity index (χ1) is 15.6. The predicted molar refractivity (Wildman–Crippen MR) is 124 cm³/mol. The summed E-state index contributed by atoms with van der Waals surface area (Å²) in [5.74, 6) is 0.676. The van der Waals surface area contributed by atoms with Crippen molar-refractivity contribution in [3.05, 3.63) is 78.6 Å². The first-order valence-electron chi connectivity index (χ1n) is 10.1. The lowest BCUT2D eigenvalue weighted by molar-refractivity contribution is -0.129. The number of rotatable bonds is 9. The summed E-state index contributed by atoms with van der Waals surface area (Å²) in [5.41, 5.74) is 7.08. The molecule has 0 saturated carbocycles. The number of para-hydroxylation sites is 1. The molecule has 7 nitrogen and oxygen atoms in total. The van der Waals surface area contributed by atoms with Crippen molar-refractivity contribution >= 4 is 34.5 Å². The number of carbonyl (C=O) groups excluding carboxylic acids is 2. The molecule has 8 heteroatoms. The highest BCUT2D eigenvalue weighted by molar-refractivity contribution is 8.00. The van der Waals surface area contributed by atoms with Gasteiger partial charge in [0.1, 0.15) is 5.03 Å². The second-order valence-electron chi connectivity index (χ2n) is 7.15. The molecule has 0 bridgehead atoms. The molecule has 162 valence electrons. The van der Waals surface area contributed by atoms with E-state index in [2.05, 4.69) is 9.97 Å². The number of hydrogen-bond acceptors (Lipinski definition) is 6. The number of fused-ring (bicyclic) bond motifs is 1. The zero-order chi connectivity index (χ0) is 22.3. The van der Waals surface area contributed by atoms with E-state index < -0.39 is 5.91 Å². The Morgan fingerprint density at radius 1 is 0.969 bits per heavy atom. The number of benzene rings is 2. The van der Waals surface area contributed by atoms with Gasteiger partial charge in [0.25, 0.3) is 0 Å². The van der Waals surface area contributed by atoms with Crippen LogP contribution in [0, 0.1) is 0 Å². The summed E-state index contributed by atoms with van der Waals surface area (Å²) in [6.07, 6.45) is 1.69. The Hall–Kier alpha value is -3.65. The highest BCUT2D eigenvalue weighted by atomic mass is 32.2. The molecule has 2 aromatic heterocycles. The summed E-state index contributed by atoms with van der Waals surface area (Å²) < 4.78 is 5.45. The molecular formula is C24H22N4O3S. The van der Waals surface area contributed by atoms with E-state index >= 15 is 0 Å². The van der Waals surface area contributed by atoms with E-state index in [0.717, 1.165) is 16.5 Å². The number of carbonyl (C=O) groups is 2. The second-order valence-corrected chi connectivity index (χ2v) is 8.12. The molecule has 0 fully saturated rings. The van der Waals surface area contributed by atoms with Crippen LogP contribution in [0.1, 0.15) is 12.0 Å². The van der Waals surface area contributed by atoms with Crippen molar-refractivity contribution < 1.29 is 14.0 Å². The first kappa shape index (κ1) is 21.6. The van der Waals surface area contributed by atoms with Gasteiger partial charge in [0, 0.05) is 24.9 Å². The molecule has 2 heterocycles. The molecular weight excluding hydrogens is 424 g/mol. The molecule has 0 aliphatic carbocycles. The van der Waals surface area contributed by atoms with Gasteiger partial charge in [-0.25, -0.2) is 9.97 Å². The van der Waals surface area contributed by atoms with Gasteiger partial charge in [-0.3, -0.25) is 9.59 Å². The normalized spacial score (nSPS) is 10.9. The number of aromatic nitrogens is 2. The number of nitrogens with zero attached hydrogens (tertiary/aromatic N) is 3. The van der Waals surface area contributed by atoms with E-state index in [0.29, 0.717) is 23.2 Å². The SMILES string of the molecule is NC(=O)CCN(Cc1ccccc1)C(=O)CSc1nc(-c2ccco2)nc2ccccc12. The minimum atomic E-state index is -0.437. The number of thioether (sulfide) groups is 1. The van der Waals surface area contributed by atoms with Crippen molar-refractivity contribution in [3.63, 3.8) is 0 Å². The minimum Gasteiger partial charge on any atom is -0.461 e. The molecule has 0 spiro atoms. The van der Waals surface area contributed by atoms with E-state index in [1.807, 2.05) is 54.6 Å². The number of nitrogens with two attached hydrogens (primary N) is 1. The van der Waals surface area contributed by atoms with Gasteiger partial charge >= 0.3 is 0 Å². The molecule has 0 aliphatic heterocycles. The van der Waals surface area contributed by atoms with E-state index in [-0.39, 0.29) is 24.6 Å². The maximum Gasteiger partial charge on any atom is 0.233 e. The molecule has 0 atom stereocenters. The quantitative estimate of drug-likeness (QED) is 0.309. The Bertz CT molecular complexity index is 1210. The van der Waals surface area contributed by atoms with Crippen LogP contribution in [0.25, 0.3) is 22.5 Å². The Labute approximate surface area is 189 Å². The van der Waals surface area contributed by atoms with Gasteiger partial charge in [0.05, 0.1) is 17.5 Å². The Kier molecular flexibility index (Phi) is 6.81. The number of furan rings is 1. The highest BCUT2D eigenvalue weighted by Crippen LogP contribution is 2.28. The van der Waals surface area contributed by atoms with Crippen LogP contribution >= 0.6 is 11.8 Å². The summed E-state index contributed by atoms with van der Waals surface area (Å²) >= 11 is 1.34. The molecule has 0 unspecified atom stereocenters. The maximum absolute atomic E-state index is 13.1. The molecule has 0 saturated heterocycles. The zero-order valence-electron chi connectivity index (χ0n) is 17.3. The van der Waals surface area contributed by atoms with Gasteiger partial charge in [0.15, 0.2) is 11.6 Å². The third kappa shape index (κ3) is 5.33. The summed E-state index contributed by atoms with van der Waals surface area (Å²) in [6.45, 7) is 0.682. The van der Waals surface area contributed by atoms with Crippen LogP contribution in [0.5, 0.6) is 0 Å². The molecule has 32 heavy (non-hydrogen) atoms. The number of primary amides is 1. The summed E-state index contributed by atoms with van der Waals surface area (Å²) in [5, 5.41) is 1.57. The maximum atomic E-state index is 13.1. The predicted octanol–water partition coefficient (Wildman–Crippen LogP) is 3.89. The molecule has 2 N–H and O–H groups in total. The average molecular weight is 447 g/mol. The van der Waals surface area contributed by atoms with Gasteiger partial charge < -0.3 is 15.1 Å². The van der Waals surface area contributed by atoms with Crippen molar-refractivity contribution in [2.75, 3.05) is 12.3 Å². The van der Waals surface area contributed by atoms with Gasteiger partial charge in [-0.2, -0.15) is 0 Å². The Morgan fingerprint density at radius 2 is 1.75 bits per heavy atom. The van der Waals surface area contributed by atoms with Crippen LogP contribution < -0.4 is 5.73 Å². The lowest BCUT2D eigenvalue weighted by Gasteiger charge is -2.22. The fraction of sp³-hybridized carbons (Fsp3) is 0.167. The lowest BCUT2D eigenvalue weighted by Crippen LogP contribution is -2.34. The molecule has 2 aromatic carbocycles. The van der Waals surface area contributed by atoms with Crippen LogP contribution in [0.3, 0.4) is 0 Å². The zero-order valence-corrected chi connectivity index (χ0v) is 18.1. The van der Waals surface area contributed by atoms with Crippen molar-refractivity contribution in [2.24, 2.45) is 5.73 Å². The standard InChI is InChI=1S/C24H22N4O3S/c25-21(29)12-13-28(15-17-7-2-1-3-8-17)22(30)16-32-24-18-9-4-5-10-19(18)26-23(27-24)20-11-6-14-31-20/h1-11,14H,12-13,15-16H2,(H2,25,29).